The number of anilines is 1. The number of fused-ring (bicyclic) bond motifs is 1. The second kappa shape index (κ2) is 9.65. The number of benzene rings is 2. The lowest BCUT2D eigenvalue weighted by Crippen LogP contribution is -2.62. The highest BCUT2D eigenvalue weighted by Crippen LogP contribution is 2.42. The number of likely N-dealkylation sites (tertiary alicyclic amines) is 2. The fourth-order valence-corrected chi connectivity index (χ4v) is 5.84. The van der Waals surface area contributed by atoms with Gasteiger partial charge in [-0.3, -0.25) is 14.5 Å². The van der Waals surface area contributed by atoms with Crippen LogP contribution in [-0.4, -0.2) is 71.2 Å². The molecule has 7 nitrogen and oxygen atoms in total. The smallest absolute Gasteiger partial charge is 0.380 e. The molecule has 0 aromatic heterocycles. The number of hydrogen-bond acceptors (Lipinski definition) is 5. The van der Waals surface area contributed by atoms with E-state index in [9.17, 15) is 27.9 Å². The first-order valence-corrected chi connectivity index (χ1v) is 12.7. The van der Waals surface area contributed by atoms with Crippen molar-refractivity contribution >= 4 is 40.7 Å². The average molecular weight is 557 g/mol. The van der Waals surface area contributed by atoms with Crippen LogP contribution in [-0.2, 0) is 16.9 Å². The lowest BCUT2D eigenvalue weighted by molar-refractivity contribution is -0.262. The molecular formula is C25H25Cl2F3N4O3. The van der Waals surface area contributed by atoms with E-state index in [2.05, 4.69) is 15.5 Å². The Morgan fingerprint density at radius 3 is 2.46 bits per heavy atom. The van der Waals surface area contributed by atoms with Gasteiger partial charge in [-0.25, -0.2) is 0 Å². The predicted molar refractivity (Wildman–Crippen MR) is 133 cm³/mol. The van der Waals surface area contributed by atoms with Crippen LogP contribution in [0.2, 0.25) is 10.0 Å². The molecule has 2 saturated heterocycles. The number of halogens is 5. The van der Waals surface area contributed by atoms with Crippen molar-refractivity contribution in [2.45, 2.75) is 43.2 Å². The van der Waals surface area contributed by atoms with Gasteiger partial charge in [-0.15, -0.1) is 0 Å². The average Bonchev–Trinajstić information content (AvgIpc) is 3.20. The van der Waals surface area contributed by atoms with E-state index in [-0.39, 0.29) is 36.1 Å². The molecule has 0 aliphatic carbocycles. The van der Waals surface area contributed by atoms with Crippen molar-refractivity contribution in [3.05, 3.63) is 63.1 Å². The van der Waals surface area contributed by atoms with Gasteiger partial charge in [0, 0.05) is 55.0 Å². The molecule has 0 saturated carbocycles. The second-order valence-corrected chi connectivity index (χ2v) is 10.6. The van der Waals surface area contributed by atoms with Crippen LogP contribution in [0.15, 0.2) is 36.4 Å². The minimum atomic E-state index is -5.20. The second-order valence-electron chi connectivity index (χ2n) is 9.71. The molecular weight excluding hydrogens is 532 g/mol. The molecule has 198 valence electrons. The van der Waals surface area contributed by atoms with Crippen molar-refractivity contribution in [2.75, 3.05) is 31.5 Å². The van der Waals surface area contributed by atoms with Crippen molar-refractivity contribution in [1.29, 1.82) is 0 Å². The predicted octanol–water partition coefficient (Wildman–Crippen LogP) is 3.77. The summed E-state index contributed by atoms with van der Waals surface area (Å²) in [5.41, 5.74) is -2.06. The summed E-state index contributed by atoms with van der Waals surface area (Å²) >= 11 is 12.1. The van der Waals surface area contributed by atoms with Gasteiger partial charge in [0.05, 0.1) is 16.6 Å². The number of nitrogens with zero attached hydrogens (tertiary/aromatic N) is 2. The van der Waals surface area contributed by atoms with Crippen LogP contribution in [0.3, 0.4) is 0 Å². The van der Waals surface area contributed by atoms with Crippen molar-refractivity contribution in [3.63, 3.8) is 0 Å². The lowest BCUT2D eigenvalue weighted by atomic mass is 9.89. The number of piperidine rings is 1. The van der Waals surface area contributed by atoms with E-state index in [4.69, 9.17) is 23.2 Å². The van der Waals surface area contributed by atoms with Crippen LogP contribution in [0.1, 0.15) is 34.3 Å². The minimum absolute atomic E-state index is 0.0000504. The van der Waals surface area contributed by atoms with Crippen LogP contribution in [0, 0.1) is 0 Å². The van der Waals surface area contributed by atoms with Gasteiger partial charge < -0.3 is 20.6 Å². The minimum Gasteiger partial charge on any atom is -0.380 e. The summed E-state index contributed by atoms with van der Waals surface area (Å²) in [5, 5.41) is 17.2. The molecule has 3 aliphatic rings. The van der Waals surface area contributed by atoms with Crippen LogP contribution in [0.5, 0.6) is 0 Å². The van der Waals surface area contributed by atoms with E-state index >= 15 is 0 Å². The zero-order valence-electron chi connectivity index (χ0n) is 19.6. The van der Waals surface area contributed by atoms with E-state index in [0.717, 1.165) is 41.4 Å². The van der Waals surface area contributed by atoms with Crippen LogP contribution < -0.4 is 10.6 Å². The van der Waals surface area contributed by atoms with Gasteiger partial charge in [-0.1, -0.05) is 35.3 Å². The number of carbonyl (C=O) groups is 2. The first-order chi connectivity index (χ1) is 17.5. The van der Waals surface area contributed by atoms with Crippen molar-refractivity contribution in [1.82, 2.24) is 15.1 Å². The molecule has 37 heavy (non-hydrogen) atoms. The number of nitrogens with one attached hydrogen (secondary N) is 2. The third-order valence-corrected chi connectivity index (χ3v) is 7.88. The summed E-state index contributed by atoms with van der Waals surface area (Å²) in [6.45, 7) is 2.13. The maximum absolute atomic E-state index is 14.0. The van der Waals surface area contributed by atoms with Crippen molar-refractivity contribution in [2.24, 2.45) is 0 Å². The molecule has 3 heterocycles. The van der Waals surface area contributed by atoms with Gasteiger partial charge in [0.15, 0.2) is 0 Å². The molecule has 0 unspecified atom stereocenters. The van der Waals surface area contributed by atoms with Gasteiger partial charge >= 0.3 is 6.18 Å². The highest BCUT2D eigenvalue weighted by atomic mass is 35.5. The van der Waals surface area contributed by atoms with E-state index in [1.807, 2.05) is 6.07 Å². The molecule has 3 N–H and O–H groups in total. The molecule has 3 aliphatic heterocycles. The number of hydrogen-bond donors (Lipinski definition) is 3. The number of rotatable bonds is 5. The summed E-state index contributed by atoms with van der Waals surface area (Å²) in [7, 11) is 0. The maximum Gasteiger partial charge on any atom is 0.430 e. The Kier molecular flexibility index (Phi) is 6.81. The summed E-state index contributed by atoms with van der Waals surface area (Å²) in [6, 6.07) is 8.61. The quantitative estimate of drug-likeness (QED) is 0.522. The van der Waals surface area contributed by atoms with E-state index in [0.29, 0.717) is 30.0 Å². The number of carbonyl (C=O) groups excluding carboxylic acids is 2. The molecule has 0 bridgehead atoms. The molecule has 2 fully saturated rings. The van der Waals surface area contributed by atoms with Crippen LogP contribution in [0.25, 0.3) is 0 Å². The zero-order valence-corrected chi connectivity index (χ0v) is 21.1. The molecule has 2 aromatic carbocycles. The van der Waals surface area contributed by atoms with E-state index in [1.54, 1.807) is 6.07 Å². The van der Waals surface area contributed by atoms with Gasteiger partial charge in [-0.05, 0) is 42.7 Å². The highest BCUT2D eigenvalue weighted by molar-refractivity contribution is 6.34. The van der Waals surface area contributed by atoms with Gasteiger partial charge in [-0.2, -0.15) is 13.2 Å². The Hall–Kier alpha value is -2.53. The summed E-state index contributed by atoms with van der Waals surface area (Å²) in [4.78, 5) is 28.1. The van der Waals surface area contributed by atoms with Gasteiger partial charge in [0.2, 0.25) is 0 Å². The van der Waals surface area contributed by atoms with Gasteiger partial charge in [0.1, 0.15) is 0 Å². The third-order valence-electron chi connectivity index (χ3n) is 7.35. The van der Waals surface area contributed by atoms with E-state index in [1.165, 1.54) is 12.1 Å². The SMILES string of the molecule is O=C1NCc2cc(NC3CN(C4CCN(C(=O)[C@](O)(c5cccc(Cl)c5)C(F)(F)F)CC4)C3)cc(Cl)c21. The molecule has 2 aromatic rings. The zero-order chi connectivity index (χ0) is 26.5. The van der Waals surface area contributed by atoms with Crippen LogP contribution in [0.4, 0.5) is 18.9 Å². The Labute approximate surface area is 221 Å². The maximum atomic E-state index is 14.0. The van der Waals surface area contributed by atoms with Crippen molar-refractivity contribution in [3.8, 4) is 0 Å². The molecule has 0 radical (unpaired) electrons. The highest BCUT2D eigenvalue weighted by Gasteiger charge is 2.62. The Morgan fingerprint density at radius 2 is 1.81 bits per heavy atom. The standard InChI is InChI=1S/C25H25Cl2F3N4O3/c26-16-3-1-2-15(9-16)24(37,25(28,29)30)23(36)33-6-4-19(5-7-33)34-12-18(13-34)32-17-8-14-11-31-22(35)21(14)20(27)10-17/h1-3,8-10,18-19,32,37H,4-7,11-13H2,(H,31,35)/t24-/m1/s1. The normalized spacial score (nSPS) is 20.7. The largest absolute Gasteiger partial charge is 0.430 e. The molecule has 1 atom stereocenters. The Bertz CT molecular complexity index is 1230. The van der Waals surface area contributed by atoms with Gasteiger partial charge in [0.25, 0.3) is 17.4 Å². The third kappa shape index (κ3) is 4.76. The summed E-state index contributed by atoms with van der Waals surface area (Å²) < 4.78 is 41.9. The first kappa shape index (κ1) is 26.1. The summed E-state index contributed by atoms with van der Waals surface area (Å²) in [6.07, 6.45) is -4.20. The van der Waals surface area contributed by atoms with Crippen LogP contribution >= 0.6 is 23.2 Å². The number of alkyl halides is 3. The fraction of sp³-hybridized carbons (Fsp3) is 0.440. The number of aliphatic hydroxyl groups is 1. The van der Waals surface area contributed by atoms with Crippen molar-refractivity contribution < 1.29 is 27.9 Å². The lowest BCUT2D eigenvalue weighted by Gasteiger charge is -2.48. The Balaban J connectivity index is 1.17. The summed E-state index contributed by atoms with van der Waals surface area (Å²) in [5.74, 6) is -1.56. The Morgan fingerprint density at radius 1 is 1.11 bits per heavy atom. The number of amides is 2. The first-order valence-electron chi connectivity index (χ1n) is 11.9. The molecule has 5 rings (SSSR count). The van der Waals surface area contributed by atoms with E-state index < -0.39 is 23.2 Å². The molecule has 2 amide bonds. The monoisotopic (exact) mass is 556 g/mol. The topological polar surface area (TPSA) is 84.9 Å². The fourth-order valence-electron chi connectivity index (χ4n) is 5.33. The molecule has 12 heteroatoms. The molecule has 0 spiro atoms.